The number of aryl methyl sites for hydroxylation is 2. The van der Waals surface area contributed by atoms with Crippen LogP contribution in [-0.4, -0.2) is 26.9 Å². The summed E-state index contributed by atoms with van der Waals surface area (Å²) in [5.41, 5.74) is 2.96. The highest BCUT2D eigenvalue weighted by atomic mass is 35.5. The Morgan fingerprint density at radius 2 is 1.71 bits per heavy atom. The molecule has 1 aromatic heterocycles. The average molecular weight is 435 g/mol. The third-order valence-corrected chi connectivity index (χ3v) is 5.68. The van der Waals surface area contributed by atoms with Gasteiger partial charge >= 0.3 is 0 Å². The zero-order valence-electron chi connectivity index (χ0n) is 16.8. The third-order valence-electron chi connectivity index (χ3n) is 5.44. The average Bonchev–Trinajstić information content (AvgIpc) is 3.02. The van der Waals surface area contributed by atoms with Gasteiger partial charge in [0.2, 0.25) is 0 Å². The number of ketones is 1. The first-order chi connectivity index (χ1) is 14.8. The molecule has 0 spiro atoms. The topological polar surface area (TPSA) is 90.7 Å². The van der Waals surface area contributed by atoms with Gasteiger partial charge in [0.05, 0.1) is 17.3 Å². The van der Waals surface area contributed by atoms with Crippen molar-refractivity contribution in [2.75, 3.05) is 4.90 Å². The molecule has 1 fully saturated rings. The van der Waals surface area contributed by atoms with Gasteiger partial charge in [-0.1, -0.05) is 23.7 Å². The number of aliphatic hydroxyl groups excluding tert-OH is 1. The second-order valence-corrected chi connectivity index (χ2v) is 7.82. The van der Waals surface area contributed by atoms with Crippen LogP contribution >= 0.6 is 11.6 Å². The fourth-order valence-electron chi connectivity index (χ4n) is 3.68. The molecule has 31 heavy (non-hydrogen) atoms. The number of aromatic hydroxyl groups is 1. The first-order valence-electron chi connectivity index (χ1n) is 9.56. The number of nitrogens with zero attached hydrogens (tertiary/aromatic N) is 2. The molecule has 2 aromatic carbocycles. The Labute approximate surface area is 184 Å². The highest BCUT2D eigenvalue weighted by molar-refractivity contribution is 6.52. The highest BCUT2D eigenvalue weighted by Gasteiger charge is 2.47. The van der Waals surface area contributed by atoms with Crippen LogP contribution in [0.3, 0.4) is 0 Å². The molecule has 1 aliphatic rings. The van der Waals surface area contributed by atoms with Gasteiger partial charge in [-0.2, -0.15) is 0 Å². The summed E-state index contributed by atoms with van der Waals surface area (Å²) in [6.45, 7) is 3.84. The number of hydrogen-bond donors (Lipinski definition) is 2. The Hall–Kier alpha value is -3.64. The standard InChI is InChI=1S/C24H19ClN2O4/c1-13-3-4-16(11-14(13)2)22(29)20-21(15-7-9-26-10-8-15)27(24(31)23(20)30)18-12-17(25)5-6-19(18)28/h3-12,21,28-29H,1-2H3/b22-20+. The van der Waals surface area contributed by atoms with Crippen molar-refractivity contribution in [3.63, 3.8) is 0 Å². The predicted octanol–water partition coefficient (Wildman–Crippen LogP) is 4.68. The molecule has 3 aromatic rings. The van der Waals surface area contributed by atoms with Crippen molar-refractivity contribution in [2.45, 2.75) is 19.9 Å². The first-order valence-corrected chi connectivity index (χ1v) is 9.94. The molecular weight excluding hydrogens is 416 g/mol. The normalized spacial score (nSPS) is 17.9. The SMILES string of the molecule is Cc1ccc(/C(O)=C2\C(=O)C(=O)N(c3cc(Cl)ccc3O)C2c2ccncc2)cc1C. The predicted molar refractivity (Wildman–Crippen MR) is 118 cm³/mol. The van der Waals surface area contributed by atoms with E-state index in [-0.39, 0.29) is 27.8 Å². The molecule has 1 amide bonds. The molecule has 6 nitrogen and oxygen atoms in total. The fourth-order valence-corrected chi connectivity index (χ4v) is 3.84. The van der Waals surface area contributed by atoms with E-state index in [1.165, 1.54) is 30.6 Å². The first kappa shape index (κ1) is 20.6. The smallest absolute Gasteiger partial charge is 0.300 e. The Balaban J connectivity index is 1.98. The van der Waals surface area contributed by atoms with Crippen molar-refractivity contribution in [3.8, 4) is 5.75 Å². The number of benzene rings is 2. The summed E-state index contributed by atoms with van der Waals surface area (Å²) in [6, 6.07) is 11.9. The molecule has 2 N–H and O–H groups in total. The molecule has 4 rings (SSSR count). The van der Waals surface area contributed by atoms with Crippen LogP contribution in [0.4, 0.5) is 5.69 Å². The van der Waals surface area contributed by atoms with E-state index < -0.39 is 17.7 Å². The van der Waals surface area contributed by atoms with E-state index in [0.29, 0.717) is 11.1 Å². The number of amides is 1. The molecule has 1 unspecified atom stereocenters. The second-order valence-electron chi connectivity index (χ2n) is 7.38. The summed E-state index contributed by atoms with van der Waals surface area (Å²) >= 11 is 6.09. The maximum Gasteiger partial charge on any atom is 0.300 e. The Kier molecular flexibility index (Phi) is 5.25. The zero-order chi connectivity index (χ0) is 22.3. The van der Waals surface area contributed by atoms with Crippen LogP contribution in [0, 0.1) is 13.8 Å². The van der Waals surface area contributed by atoms with Crippen molar-refractivity contribution in [2.24, 2.45) is 0 Å². The molecule has 0 aliphatic carbocycles. The number of carbonyl (C=O) groups is 2. The summed E-state index contributed by atoms with van der Waals surface area (Å²) in [6.07, 6.45) is 3.06. The van der Waals surface area contributed by atoms with Crippen LogP contribution in [0.2, 0.25) is 5.02 Å². The Morgan fingerprint density at radius 1 is 1.00 bits per heavy atom. The lowest BCUT2D eigenvalue weighted by Crippen LogP contribution is -2.29. The molecule has 1 aliphatic heterocycles. The highest BCUT2D eigenvalue weighted by Crippen LogP contribution is 2.45. The lowest BCUT2D eigenvalue weighted by atomic mass is 9.94. The largest absolute Gasteiger partial charge is 0.507 e. The number of aliphatic hydroxyl groups is 1. The number of anilines is 1. The van der Waals surface area contributed by atoms with Crippen molar-refractivity contribution in [1.29, 1.82) is 0 Å². The minimum atomic E-state index is -0.964. The number of phenols is 1. The molecule has 0 saturated carbocycles. The summed E-state index contributed by atoms with van der Waals surface area (Å²) in [4.78, 5) is 31.3. The molecular formula is C24H19ClN2O4. The molecule has 156 valence electrons. The number of halogens is 1. The molecule has 7 heteroatoms. The number of carbonyl (C=O) groups excluding carboxylic acids is 2. The summed E-state index contributed by atoms with van der Waals surface area (Å²) in [7, 11) is 0. The lowest BCUT2D eigenvalue weighted by molar-refractivity contribution is -0.132. The number of hydrogen-bond acceptors (Lipinski definition) is 5. The van der Waals surface area contributed by atoms with E-state index in [1.54, 1.807) is 24.3 Å². The fraction of sp³-hybridized carbons (Fsp3) is 0.125. The third kappa shape index (κ3) is 3.55. The van der Waals surface area contributed by atoms with Crippen LogP contribution in [0.1, 0.15) is 28.3 Å². The zero-order valence-corrected chi connectivity index (χ0v) is 17.6. The van der Waals surface area contributed by atoms with E-state index in [1.807, 2.05) is 19.9 Å². The van der Waals surface area contributed by atoms with Gasteiger partial charge in [0.1, 0.15) is 11.5 Å². The van der Waals surface area contributed by atoms with E-state index in [2.05, 4.69) is 4.98 Å². The van der Waals surface area contributed by atoms with Crippen LogP contribution in [0.25, 0.3) is 5.76 Å². The van der Waals surface area contributed by atoms with Gasteiger partial charge in [0.15, 0.2) is 0 Å². The molecule has 1 atom stereocenters. The second kappa shape index (κ2) is 7.89. The molecule has 1 saturated heterocycles. The number of aromatic nitrogens is 1. The summed E-state index contributed by atoms with van der Waals surface area (Å²) in [5.74, 6) is -2.22. The number of Topliss-reactive ketones (excluding diaryl/α,β-unsaturated/α-hetero) is 1. The van der Waals surface area contributed by atoms with Crippen molar-refractivity contribution in [3.05, 3.63) is 93.8 Å². The van der Waals surface area contributed by atoms with Gasteiger partial charge in [0.25, 0.3) is 11.7 Å². The van der Waals surface area contributed by atoms with Gasteiger partial charge in [-0.25, -0.2) is 0 Å². The van der Waals surface area contributed by atoms with E-state index in [9.17, 15) is 19.8 Å². The van der Waals surface area contributed by atoms with Crippen LogP contribution < -0.4 is 4.90 Å². The van der Waals surface area contributed by atoms with E-state index in [0.717, 1.165) is 16.0 Å². The quantitative estimate of drug-likeness (QED) is 0.354. The van der Waals surface area contributed by atoms with Gasteiger partial charge in [-0.3, -0.25) is 19.5 Å². The minimum Gasteiger partial charge on any atom is -0.507 e. The monoisotopic (exact) mass is 434 g/mol. The van der Waals surface area contributed by atoms with Crippen LogP contribution in [0.15, 0.2) is 66.5 Å². The van der Waals surface area contributed by atoms with Gasteiger partial charge in [-0.05, 0) is 66.9 Å². The molecule has 0 bridgehead atoms. The van der Waals surface area contributed by atoms with Crippen molar-refractivity contribution >= 4 is 34.7 Å². The van der Waals surface area contributed by atoms with Crippen molar-refractivity contribution < 1.29 is 19.8 Å². The summed E-state index contributed by atoms with van der Waals surface area (Å²) in [5, 5.41) is 21.8. The minimum absolute atomic E-state index is 0.0705. The van der Waals surface area contributed by atoms with Crippen LogP contribution in [-0.2, 0) is 9.59 Å². The van der Waals surface area contributed by atoms with E-state index >= 15 is 0 Å². The number of rotatable bonds is 3. The van der Waals surface area contributed by atoms with Crippen molar-refractivity contribution in [1.82, 2.24) is 4.98 Å². The Bertz CT molecular complexity index is 1240. The lowest BCUT2D eigenvalue weighted by Gasteiger charge is -2.26. The molecule has 2 heterocycles. The van der Waals surface area contributed by atoms with Crippen LogP contribution in [0.5, 0.6) is 5.75 Å². The number of pyridine rings is 1. The molecule has 0 radical (unpaired) electrons. The maximum absolute atomic E-state index is 13.1. The van der Waals surface area contributed by atoms with Gasteiger partial charge in [0, 0.05) is 23.0 Å². The maximum atomic E-state index is 13.1. The Morgan fingerprint density at radius 3 is 2.39 bits per heavy atom. The van der Waals surface area contributed by atoms with E-state index in [4.69, 9.17) is 11.6 Å². The number of phenolic OH excluding ortho intramolecular Hbond substituents is 1. The van der Waals surface area contributed by atoms with Gasteiger partial charge in [-0.15, -0.1) is 0 Å². The van der Waals surface area contributed by atoms with Gasteiger partial charge < -0.3 is 10.2 Å². The summed E-state index contributed by atoms with van der Waals surface area (Å²) < 4.78 is 0.